The standard InChI is InChI=1S/C9H15BrN2O2S2/c1-7(9-8(10)3-5-15-9)12-4-2-6-16(11,13)14/h3,5,7,12H,2,4,6H2,1H3,(H2,11,13,14). The van der Waals surface area contributed by atoms with Crippen LogP contribution >= 0.6 is 27.3 Å². The van der Waals surface area contributed by atoms with Crippen molar-refractivity contribution in [2.24, 2.45) is 5.14 Å². The van der Waals surface area contributed by atoms with E-state index >= 15 is 0 Å². The molecule has 0 saturated heterocycles. The van der Waals surface area contributed by atoms with E-state index in [9.17, 15) is 8.42 Å². The summed E-state index contributed by atoms with van der Waals surface area (Å²) in [5, 5.41) is 10.2. The number of thiophene rings is 1. The van der Waals surface area contributed by atoms with E-state index in [1.165, 1.54) is 4.88 Å². The molecule has 7 heteroatoms. The highest BCUT2D eigenvalue weighted by molar-refractivity contribution is 9.10. The fraction of sp³-hybridized carbons (Fsp3) is 0.556. The van der Waals surface area contributed by atoms with Gasteiger partial charge in [-0.3, -0.25) is 0 Å². The van der Waals surface area contributed by atoms with Crippen LogP contribution in [0, 0.1) is 0 Å². The van der Waals surface area contributed by atoms with Gasteiger partial charge in [-0.1, -0.05) is 0 Å². The number of rotatable bonds is 6. The van der Waals surface area contributed by atoms with Gasteiger partial charge in [-0.05, 0) is 47.3 Å². The van der Waals surface area contributed by atoms with Gasteiger partial charge in [-0.25, -0.2) is 13.6 Å². The van der Waals surface area contributed by atoms with E-state index in [1.807, 2.05) is 18.4 Å². The Bertz CT molecular complexity index is 430. The van der Waals surface area contributed by atoms with E-state index in [1.54, 1.807) is 11.3 Å². The molecule has 16 heavy (non-hydrogen) atoms. The van der Waals surface area contributed by atoms with Gasteiger partial charge in [-0.2, -0.15) is 0 Å². The molecule has 1 heterocycles. The van der Waals surface area contributed by atoms with Gasteiger partial charge in [0.15, 0.2) is 0 Å². The maximum absolute atomic E-state index is 10.7. The number of halogens is 1. The molecule has 0 aliphatic rings. The van der Waals surface area contributed by atoms with Gasteiger partial charge in [0.25, 0.3) is 0 Å². The number of sulfonamides is 1. The van der Waals surface area contributed by atoms with Crippen molar-refractivity contribution in [1.29, 1.82) is 0 Å². The maximum Gasteiger partial charge on any atom is 0.209 e. The van der Waals surface area contributed by atoms with Gasteiger partial charge < -0.3 is 5.32 Å². The number of nitrogens with one attached hydrogen (secondary N) is 1. The molecule has 92 valence electrons. The molecule has 3 N–H and O–H groups in total. The molecule has 0 fully saturated rings. The van der Waals surface area contributed by atoms with E-state index in [2.05, 4.69) is 21.2 Å². The molecule has 1 rings (SSSR count). The van der Waals surface area contributed by atoms with Gasteiger partial charge in [0, 0.05) is 15.4 Å². The summed E-state index contributed by atoms with van der Waals surface area (Å²) in [6.07, 6.45) is 0.534. The van der Waals surface area contributed by atoms with Crippen molar-refractivity contribution < 1.29 is 8.42 Å². The lowest BCUT2D eigenvalue weighted by molar-refractivity contribution is 0.565. The fourth-order valence-corrected chi connectivity index (χ4v) is 3.60. The summed E-state index contributed by atoms with van der Waals surface area (Å²) >= 11 is 5.13. The molecule has 1 atom stereocenters. The first kappa shape index (κ1) is 14.1. The molecule has 0 bridgehead atoms. The summed E-state index contributed by atoms with van der Waals surface area (Å²) in [6, 6.07) is 2.22. The Hall–Kier alpha value is 0.0500. The molecule has 1 aromatic heterocycles. The molecule has 4 nitrogen and oxygen atoms in total. The molecule has 0 aromatic carbocycles. The third-order valence-corrected chi connectivity index (χ3v) is 5.01. The Balaban J connectivity index is 2.32. The Kier molecular flexibility index (Phi) is 5.39. The average molecular weight is 327 g/mol. The van der Waals surface area contributed by atoms with Gasteiger partial charge in [0.1, 0.15) is 0 Å². The minimum Gasteiger partial charge on any atom is -0.309 e. The van der Waals surface area contributed by atoms with E-state index in [4.69, 9.17) is 5.14 Å². The normalized spacial score (nSPS) is 13.9. The summed E-state index contributed by atoms with van der Waals surface area (Å²) in [5.41, 5.74) is 0. The van der Waals surface area contributed by atoms with Crippen LogP contribution in [0.2, 0.25) is 0 Å². The van der Waals surface area contributed by atoms with Crippen molar-refractivity contribution in [3.8, 4) is 0 Å². The summed E-state index contributed by atoms with van der Waals surface area (Å²) in [6.45, 7) is 2.69. The van der Waals surface area contributed by atoms with Gasteiger partial charge in [0.05, 0.1) is 5.75 Å². The van der Waals surface area contributed by atoms with Crippen LogP contribution in [0.3, 0.4) is 0 Å². The average Bonchev–Trinajstić information content (AvgIpc) is 2.57. The third-order valence-electron chi connectivity index (χ3n) is 2.09. The SMILES string of the molecule is CC(NCCCS(N)(=O)=O)c1sccc1Br. The van der Waals surface area contributed by atoms with E-state index < -0.39 is 10.0 Å². The van der Waals surface area contributed by atoms with E-state index in [0.717, 1.165) is 4.47 Å². The number of hydrogen-bond acceptors (Lipinski definition) is 4. The van der Waals surface area contributed by atoms with Gasteiger partial charge >= 0.3 is 0 Å². The van der Waals surface area contributed by atoms with Crippen molar-refractivity contribution in [3.05, 3.63) is 20.8 Å². The van der Waals surface area contributed by atoms with Gasteiger partial charge in [0.2, 0.25) is 10.0 Å². The molecule has 0 aliphatic heterocycles. The second-order valence-electron chi connectivity index (χ2n) is 3.53. The second-order valence-corrected chi connectivity index (χ2v) is 7.07. The van der Waals surface area contributed by atoms with Crippen LogP contribution in [0.1, 0.15) is 24.3 Å². The first-order chi connectivity index (χ1) is 7.40. The minimum absolute atomic E-state index is 0.0261. The Morgan fingerprint density at radius 1 is 1.62 bits per heavy atom. The van der Waals surface area contributed by atoms with Crippen molar-refractivity contribution in [3.63, 3.8) is 0 Å². The quantitative estimate of drug-likeness (QED) is 0.783. The fourth-order valence-electron chi connectivity index (χ4n) is 1.30. The van der Waals surface area contributed by atoms with E-state index in [-0.39, 0.29) is 11.8 Å². The summed E-state index contributed by atoms with van der Waals surface area (Å²) in [4.78, 5) is 1.22. The lowest BCUT2D eigenvalue weighted by atomic mass is 10.2. The predicted molar refractivity (Wildman–Crippen MR) is 71.0 cm³/mol. The predicted octanol–water partition coefficient (Wildman–Crippen LogP) is 1.84. The Labute approximate surface area is 108 Å². The topological polar surface area (TPSA) is 72.2 Å². The van der Waals surface area contributed by atoms with Crippen molar-refractivity contribution in [2.45, 2.75) is 19.4 Å². The highest BCUT2D eigenvalue weighted by atomic mass is 79.9. The number of hydrogen-bond donors (Lipinski definition) is 2. The smallest absolute Gasteiger partial charge is 0.209 e. The summed E-state index contributed by atoms with van der Waals surface area (Å²) in [5.74, 6) is 0.0261. The zero-order valence-electron chi connectivity index (χ0n) is 8.94. The van der Waals surface area contributed by atoms with Gasteiger partial charge in [-0.15, -0.1) is 11.3 Å². The molecule has 1 unspecified atom stereocenters. The second kappa shape index (κ2) is 6.11. The zero-order chi connectivity index (χ0) is 12.2. The van der Waals surface area contributed by atoms with Crippen LogP contribution in [0.25, 0.3) is 0 Å². The molecule has 0 saturated carbocycles. The molecular weight excluding hydrogens is 312 g/mol. The van der Waals surface area contributed by atoms with Crippen molar-refractivity contribution >= 4 is 37.3 Å². The van der Waals surface area contributed by atoms with Crippen LogP contribution in [0.5, 0.6) is 0 Å². The number of primary sulfonamides is 1. The van der Waals surface area contributed by atoms with Crippen LogP contribution in [0.4, 0.5) is 0 Å². The largest absolute Gasteiger partial charge is 0.309 e. The van der Waals surface area contributed by atoms with Crippen LogP contribution in [-0.2, 0) is 10.0 Å². The molecule has 0 spiro atoms. The van der Waals surface area contributed by atoms with Crippen LogP contribution in [-0.4, -0.2) is 20.7 Å². The molecular formula is C9H15BrN2O2S2. The highest BCUT2D eigenvalue weighted by Gasteiger charge is 2.10. The highest BCUT2D eigenvalue weighted by Crippen LogP contribution is 2.28. The maximum atomic E-state index is 10.7. The lowest BCUT2D eigenvalue weighted by Crippen LogP contribution is -2.24. The zero-order valence-corrected chi connectivity index (χ0v) is 12.2. The first-order valence-corrected chi connectivity index (χ1v) is 8.25. The third kappa shape index (κ3) is 4.92. The van der Waals surface area contributed by atoms with E-state index in [0.29, 0.717) is 13.0 Å². The minimum atomic E-state index is -3.33. The molecule has 1 aromatic rings. The van der Waals surface area contributed by atoms with Crippen LogP contribution in [0.15, 0.2) is 15.9 Å². The summed E-state index contributed by atoms with van der Waals surface area (Å²) in [7, 11) is -3.33. The molecule has 0 aliphatic carbocycles. The Morgan fingerprint density at radius 2 is 2.31 bits per heavy atom. The monoisotopic (exact) mass is 326 g/mol. The summed E-state index contributed by atoms with van der Waals surface area (Å²) < 4.78 is 22.5. The first-order valence-electron chi connectivity index (χ1n) is 4.87. The molecule has 0 amide bonds. The lowest BCUT2D eigenvalue weighted by Gasteiger charge is -2.12. The molecule has 0 radical (unpaired) electrons. The number of nitrogens with two attached hydrogens (primary N) is 1. The van der Waals surface area contributed by atoms with Crippen LogP contribution < -0.4 is 10.5 Å². The van der Waals surface area contributed by atoms with Crippen molar-refractivity contribution in [2.75, 3.05) is 12.3 Å². The van der Waals surface area contributed by atoms with Crippen molar-refractivity contribution in [1.82, 2.24) is 5.32 Å². The Morgan fingerprint density at radius 3 is 2.81 bits per heavy atom.